The van der Waals surface area contributed by atoms with Gasteiger partial charge in [0.05, 0.1) is 0 Å². The number of unbranched alkanes of at least 4 members (excludes halogenated alkanes) is 9. The molecule has 0 saturated heterocycles. The van der Waals surface area contributed by atoms with Gasteiger partial charge in [-0.15, -0.1) is 0 Å². The lowest BCUT2D eigenvalue weighted by atomic mass is 10.1. The average molecular weight is 455 g/mol. The van der Waals surface area contributed by atoms with Crippen LogP contribution in [0.1, 0.15) is 97.0 Å². The largest absolute Gasteiger partial charge is 0.425 e. The van der Waals surface area contributed by atoms with E-state index in [1.165, 1.54) is 63.4 Å². The van der Waals surface area contributed by atoms with E-state index in [9.17, 15) is 4.79 Å². The van der Waals surface area contributed by atoms with Gasteiger partial charge in [0.2, 0.25) is 0 Å². The molecule has 1 heterocycles. The van der Waals surface area contributed by atoms with E-state index in [2.05, 4.69) is 23.8 Å². The number of ether oxygens (including phenoxy) is 2. The Labute approximate surface area is 200 Å². The van der Waals surface area contributed by atoms with Crippen LogP contribution in [-0.2, 0) is 16.0 Å². The third-order valence-electron chi connectivity index (χ3n) is 5.80. The molecule has 1 atom stereocenters. The van der Waals surface area contributed by atoms with Crippen LogP contribution in [0.3, 0.4) is 0 Å². The van der Waals surface area contributed by atoms with E-state index in [4.69, 9.17) is 9.47 Å². The molecule has 0 aliphatic carbocycles. The van der Waals surface area contributed by atoms with Crippen LogP contribution < -0.4 is 4.74 Å². The van der Waals surface area contributed by atoms with Gasteiger partial charge in [-0.2, -0.15) is 0 Å². The molecule has 182 valence electrons. The molecule has 0 saturated carbocycles. The van der Waals surface area contributed by atoms with Crippen molar-refractivity contribution in [2.45, 2.75) is 104 Å². The first-order valence-electron chi connectivity index (χ1n) is 12.9. The van der Waals surface area contributed by atoms with Crippen molar-refractivity contribution in [3.8, 4) is 17.1 Å². The van der Waals surface area contributed by atoms with Crippen molar-refractivity contribution in [1.29, 1.82) is 0 Å². The molecule has 5 nitrogen and oxygen atoms in total. The molecule has 0 spiro atoms. The van der Waals surface area contributed by atoms with Crippen LogP contribution in [0.25, 0.3) is 11.4 Å². The van der Waals surface area contributed by atoms with E-state index in [1.807, 2.05) is 24.5 Å². The second-order valence-corrected chi connectivity index (χ2v) is 8.81. The highest BCUT2D eigenvalue weighted by Crippen LogP contribution is 2.20. The lowest BCUT2D eigenvalue weighted by Gasteiger charge is -2.12. The fraction of sp³-hybridized carbons (Fsp3) is 0.607. The van der Waals surface area contributed by atoms with Crippen molar-refractivity contribution in [2.24, 2.45) is 0 Å². The van der Waals surface area contributed by atoms with E-state index in [-0.39, 0.29) is 5.97 Å². The standard InChI is InChI=1S/C28H42N2O3/c1-4-6-8-10-11-12-13-15-24-21-29-27(30-22-24)25-16-18-26(19-17-25)33-28(31)23(3)32-20-14-9-7-5-2/h16-19,21-23H,4-15,20H2,1-3H3. The van der Waals surface area contributed by atoms with Crippen molar-refractivity contribution >= 4 is 5.97 Å². The molecule has 0 N–H and O–H groups in total. The van der Waals surface area contributed by atoms with Gasteiger partial charge >= 0.3 is 5.97 Å². The summed E-state index contributed by atoms with van der Waals surface area (Å²) in [5.74, 6) is 0.810. The molecule has 0 aliphatic rings. The quantitative estimate of drug-likeness (QED) is 0.142. The summed E-state index contributed by atoms with van der Waals surface area (Å²) in [4.78, 5) is 21.3. The topological polar surface area (TPSA) is 61.3 Å². The van der Waals surface area contributed by atoms with E-state index in [0.29, 0.717) is 18.2 Å². The van der Waals surface area contributed by atoms with Crippen molar-refractivity contribution in [2.75, 3.05) is 6.61 Å². The summed E-state index contributed by atoms with van der Waals surface area (Å²) in [5, 5.41) is 0. The Morgan fingerprint density at radius 1 is 0.818 bits per heavy atom. The summed E-state index contributed by atoms with van der Waals surface area (Å²) in [6, 6.07) is 7.31. The number of esters is 1. The molecule has 33 heavy (non-hydrogen) atoms. The highest BCUT2D eigenvalue weighted by Gasteiger charge is 2.16. The Morgan fingerprint density at radius 2 is 1.39 bits per heavy atom. The Kier molecular flexibility index (Phi) is 13.4. The van der Waals surface area contributed by atoms with Crippen LogP contribution in [0, 0.1) is 0 Å². The summed E-state index contributed by atoms with van der Waals surface area (Å²) >= 11 is 0. The molecule has 0 radical (unpaired) electrons. The highest BCUT2D eigenvalue weighted by molar-refractivity contribution is 5.77. The number of hydrogen-bond acceptors (Lipinski definition) is 5. The molecular weight excluding hydrogens is 412 g/mol. The van der Waals surface area contributed by atoms with Crippen LogP contribution >= 0.6 is 0 Å². The number of aryl methyl sites for hydroxylation is 1. The number of nitrogens with zero attached hydrogens (tertiary/aromatic N) is 2. The predicted molar refractivity (Wildman–Crippen MR) is 134 cm³/mol. The van der Waals surface area contributed by atoms with Gasteiger partial charge in [-0.3, -0.25) is 0 Å². The predicted octanol–water partition coefficient (Wildman–Crippen LogP) is 7.33. The van der Waals surface area contributed by atoms with Gasteiger partial charge in [0.1, 0.15) is 5.75 Å². The zero-order valence-corrected chi connectivity index (χ0v) is 20.9. The monoisotopic (exact) mass is 454 g/mol. The number of rotatable bonds is 17. The minimum absolute atomic E-state index is 0.371. The Morgan fingerprint density at radius 3 is 2.03 bits per heavy atom. The fourth-order valence-corrected chi connectivity index (χ4v) is 3.65. The van der Waals surface area contributed by atoms with Gasteiger partial charge in [0.15, 0.2) is 11.9 Å². The lowest BCUT2D eigenvalue weighted by Crippen LogP contribution is -2.26. The van der Waals surface area contributed by atoms with Gasteiger partial charge < -0.3 is 9.47 Å². The van der Waals surface area contributed by atoms with Gasteiger partial charge in [0, 0.05) is 24.6 Å². The van der Waals surface area contributed by atoms with Gasteiger partial charge in [-0.1, -0.05) is 71.6 Å². The minimum atomic E-state index is -0.571. The van der Waals surface area contributed by atoms with Crippen molar-refractivity contribution in [1.82, 2.24) is 9.97 Å². The van der Waals surface area contributed by atoms with E-state index >= 15 is 0 Å². The summed E-state index contributed by atoms with van der Waals surface area (Å²) in [5.41, 5.74) is 2.08. The number of carbonyl (C=O) groups excluding carboxylic acids is 1. The molecular formula is C28H42N2O3. The maximum atomic E-state index is 12.2. The van der Waals surface area contributed by atoms with Gasteiger partial charge in [-0.05, 0) is 56.0 Å². The first kappa shape index (κ1) is 27.0. The summed E-state index contributed by atoms with van der Waals surface area (Å²) in [7, 11) is 0. The zero-order valence-electron chi connectivity index (χ0n) is 20.9. The van der Waals surface area contributed by atoms with Crippen LogP contribution in [-0.4, -0.2) is 28.6 Å². The normalized spacial score (nSPS) is 12.0. The molecule has 1 aromatic heterocycles. The third-order valence-corrected chi connectivity index (χ3v) is 5.80. The van der Waals surface area contributed by atoms with E-state index in [1.54, 1.807) is 19.1 Å². The number of benzene rings is 1. The highest BCUT2D eigenvalue weighted by atomic mass is 16.6. The van der Waals surface area contributed by atoms with Crippen molar-refractivity contribution in [3.63, 3.8) is 0 Å². The second-order valence-electron chi connectivity index (χ2n) is 8.81. The Bertz CT molecular complexity index is 775. The Balaban J connectivity index is 1.73. The SMILES string of the molecule is CCCCCCCCCc1cnc(-c2ccc(OC(=O)C(C)OCCCCCC)cc2)nc1. The first-order chi connectivity index (χ1) is 16.1. The molecule has 0 aliphatic heterocycles. The van der Waals surface area contributed by atoms with Crippen molar-refractivity contribution < 1.29 is 14.3 Å². The molecule has 5 heteroatoms. The molecule has 0 amide bonds. The molecule has 1 aromatic carbocycles. The van der Waals surface area contributed by atoms with Gasteiger partial charge in [0.25, 0.3) is 0 Å². The van der Waals surface area contributed by atoms with Crippen LogP contribution in [0.2, 0.25) is 0 Å². The molecule has 2 rings (SSSR count). The lowest BCUT2D eigenvalue weighted by molar-refractivity contribution is -0.146. The third kappa shape index (κ3) is 10.9. The molecule has 1 unspecified atom stereocenters. The van der Waals surface area contributed by atoms with E-state index in [0.717, 1.165) is 24.8 Å². The second kappa shape index (κ2) is 16.4. The van der Waals surface area contributed by atoms with Gasteiger partial charge in [-0.25, -0.2) is 14.8 Å². The summed E-state index contributed by atoms with van der Waals surface area (Å²) < 4.78 is 11.0. The smallest absolute Gasteiger partial charge is 0.340 e. The average Bonchev–Trinajstić information content (AvgIpc) is 2.84. The molecule has 2 aromatic rings. The number of carbonyl (C=O) groups is 1. The number of hydrogen-bond donors (Lipinski definition) is 0. The molecule has 0 bridgehead atoms. The number of aromatic nitrogens is 2. The first-order valence-corrected chi connectivity index (χ1v) is 12.9. The maximum Gasteiger partial charge on any atom is 0.340 e. The fourth-order valence-electron chi connectivity index (χ4n) is 3.65. The van der Waals surface area contributed by atoms with Crippen molar-refractivity contribution in [3.05, 3.63) is 42.2 Å². The maximum absolute atomic E-state index is 12.2. The minimum Gasteiger partial charge on any atom is -0.425 e. The summed E-state index contributed by atoms with van der Waals surface area (Å²) in [6.07, 6.45) is 17.9. The Hall–Kier alpha value is -2.27. The van der Waals surface area contributed by atoms with Crippen LogP contribution in [0.4, 0.5) is 0 Å². The van der Waals surface area contributed by atoms with Crippen LogP contribution in [0.15, 0.2) is 36.7 Å². The molecule has 0 fully saturated rings. The van der Waals surface area contributed by atoms with E-state index < -0.39 is 6.10 Å². The summed E-state index contributed by atoms with van der Waals surface area (Å²) in [6.45, 7) is 6.74. The zero-order chi connectivity index (χ0) is 23.7. The van der Waals surface area contributed by atoms with Crippen LogP contribution in [0.5, 0.6) is 5.75 Å².